The van der Waals surface area contributed by atoms with E-state index in [4.69, 9.17) is 14.2 Å². The molecule has 0 saturated carbocycles. The van der Waals surface area contributed by atoms with Crippen LogP contribution >= 0.6 is 15.9 Å². The van der Waals surface area contributed by atoms with Crippen LogP contribution in [0.1, 0.15) is 27.0 Å². The first-order valence-corrected chi connectivity index (χ1v) is 10.8. The highest BCUT2D eigenvalue weighted by molar-refractivity contribution is 9.10. The lowest BCUT2D eigenvalue weighted by Gasteiger charge is -2.10. The molecule has 3 aromatic rings. The van der Waals surface area contributed by atoms with Crippen LogP contribution in [-0.2, 0) is 4.79 Å². The van der Waals surface area contributed by atoms with Crippen molar-refractivity contribution in [2.24, 2.45) is 5.10 Å². The fourth-order valence-corrected chi connectivity index (χ4v) is 3.09. The maximum Gasteiger partial charge on any atom is 0.343 e. The summed E-state index contributed by atoms with van der Waals surface area (Å²) in [5.41, 5.74) is 5.56. The van der Waals surface area contributed by atoms with Gasteiger partial charge in [-0.05, 0) is 79.1 Å². The molecular formula is C25H23BrN2O5. The van der Waals surface area contributed by atoms with Crippen molar-refractivity contribution in [3.8, 4) is 17.2 Å². The van der Waals surface area contributed by atoms with Crippen LogP contribution < -0.4 is 19.6 Å². The molecule has 0 atom stereocenters. The number of aryl methyl sites for hydroxylation is 1. The molecule has 1 amide bonds. The number of hydrogen-bond acceptors (Lipinski definition) is 6. The summed E-state index contributed by atoms with van der Waals surface area (Å²) in [6.45, 7) is 3.76. The van der Waals surface area contributed by atoms with Crippen LogP contribution in [0.25, 0.3) is 0 Å². The second-order valence-electron chi connectivity index (χ2n) is 7.09. The van der Waals surface area contributed by atoms with Gasteiger partial charge in [0.05, 0.1) is 18.9 Å². The van der Waals surface area contributed by atoms with Crippen LogP contribution in [0.3, 0.4) is 0 Å². The van der Waals surface area contributed by atoms with Crippen molar-refractivity contribution in [2.45, 2.75) is 13.8 Å². The molecule has 0 heterocycles. The Kier molecular flexibility index (Phi) is 8.21. The molecule has 0 aliphatic heterocycles. The van der Waals surface area contributed by atoms with Crippen molar-refractivity contribution in [2.75, 3.05) is 13.7 Å². The first-order chi connectivity index (χ1) is 15.9. The predicted octanol–water partition coefficient (Wildman–Crippen LogP) is 4.82. The lowest BCUT2D eigenvalue weighted by Crippen LogP contribution is -2.24. The van der Waals surface area contributed by atoms with Crippen molar-refractivity contribution >= 4 is 34.0 Å². The van der Waals surface area contributed by atoms with E-state index >= 15 is 0 Å². The molecule has 0 spiro atoms. The normalized spacial score (nSPS) is 10.7. The Bertz CT molecular complexity index is 1180. The number of nitrogens with zero attached hydrogens (tertiary/aromatic N) is 1. The molecule has 3 rings (SSSR count). The molecule has 33 heavy (non-hydrogen) atoms. The average Bonchev–Trinajstić information content (AvgIpc) is 2.81. The number of hydrazone groups is 1. The maximum absolute atomic E-state index is 12.4. The number of benzene rings is 3. The zero-order valence-electron chi connectivity index (χ0n) is 18.4. The summed E-state index contributed by atoms with van der Waals surface area (Å²) < 4.78 is 17.2. The smallest absolute Gasteiger partial charge is 0.343 e. The standard InChI is InChI=1S/C25H23BrN2O5/c1-16-5-4-6-21(17(16)2)32-15-24(29)28-27-14-18-7-12-22(23(13-18)31-3)33-25(30)19-8-10-20(26)11-9-19/h4-14H,15H2,1-3H3,(H,28,29)/b27-14-. The molecule has 0 aliphatic rings. The van der Waals surface area contributed by atoms with Crippen molar-refractivity contribution in [1.82, 2.24) is 5.43 Å². The molecule has 170 valence electrons. The van der Waals surface area contributed by atoms with E-state index in [0.717, 1.165) is 15.6 Å². The summed E-state index contributed by atoms with van der Waals surface area (Å²) in [5.74, 6) is 0.396. The number of amides is 1. The molecule has 3 aromatic carbocycles. The largest absolute Gasteiger partial charge is 0.493 e. The Labute approximate surface area is 200 Å². The van der Waals surface area contributed by atoms with Gasteiger partial charge in [-0.1, -0.05) is 28.1 Å². The molecule has 0 radical (unpaired) electrons. The number of ether oxygens (including phenoxy) is 3. The van der Waals surface area contributed by atoms with Crippen LogP contribution in [0.15, 0.2) is 70.2 Å². The van der Waals surface area contributed by atoms with Crippen molar-refractivity contribution in [3.05, 3.63) is 87.4 Å². The number of methoxy groups -OCH3 is 1. The summed E-state index contributed by atoms with van der Waals surface area (Å²) >= 11 is 3.33. The highest BCUT2D eigenvalue weighted by Crippen LogP contribution is 2.28. The van der Waals surface area contributed by atoms with Gasteiger partial charge in [-0.25, -0.2) is 10.2 Å². The molecule has 8 heteroatoms. The van der Waals surface area contributed by atoms with E-state index in [0.29, 0.717) is 22.6 Å². The van der Waals surface area contributed by atoms with Crippen molar-refractivity contribution in [3.63, 3.8) is 0 Å². The molecule has 0 aromatic heterocycles. The van der Waals surface area contributed by atoms with Gasteiger partial charge in [-0.15, -0.1) is 0 Å². The lowest BCUT2D eigenvalue weighted by molar-refractivity contribution is -0.123. The fourth-order valence-electron chi connectivity index (χ4n) is 2.83. The molecular weight excluding hydrogens is 488 g/mol. The number of esters is 1. The Morgan fingerprint density at radius 3 is 2.48 bits per heavy atom. The van der Waals surface area contributed by atoms with Crippen LogP contribution in [0.5, 0.6) is 17.2 Å². The van der Waals surface area contributed by atoms with Crippen LogP contribution in [-0.4, -0.2) is 31.8 Å². The van der Waals surface area contributed by atoms with E-state index in [1.807, 2.05) is 32.0 Å². The summed E-state index contributed by atoms with van der Waals surface area (Å²) in [4.78, 5) is 24.4. The number of halogens is 1. The fraction of sp³-hybridized carbons (Fsp3) is 0.160. The zero-order valence-corrected chi connectivity index (χ0v) is 20.0. The lowest BCUT2D eigenvalue weighted by atomic mass is 10.1. The minimum Gasteiger partial charge on any atom is -0.493 e. The van der Waals surface area contributed by atoms with Crippen molar-refractivity contribution < 1.29 is 23.8 Å². The third-order valence-electron chi connectivity index (χ3n) is 4.79. The van der Waals surface area contributed by atoms with Gasteiger partial charge in [0.25, 0.3) is 5.91 Å². The van der Waals surface area contributed by atoms with Crippen LogP contribution in [0.4, 0.5) is 0 Å². The monoisotopic (exact) mass is 510 g/mol. The SMILES string of the molecule is COc1cc(/C=N\NC(=O)COc2cccc(C)c2C)ccc1OC(=O)c1ccc(Br)cc1. The molecule has 0 aliphatic carbocycles. The maximum atomic E-state index is 12.4. The average molecular weight is 511 g/mol. The Balaban J connectivity index is 1.57. The zero-order chi connectivity index (χ0) is 23.8. The number of carbonyl (C=O) groups excluding carboxylic acids is 2. The van der Waals surface area contributed by atoms with Crippen LogP contribution in [0.2, 0.25) is 0 Å². The first-order valence-electron chi connectivity index (χ1n) is 10.0. The van der Waals surface area contributed by atoms with E-state index in [-0.39, 0.29) is 18.3 Å². The number of nitrogens with one attached hydrogen (secondary N) is 1. The van der Waals surface area contributed by atoms with Gasteiger partial charge in [0.1, 0.15) is 5.75 Å². The van der Waals surface area contributed by atoms with E-state index in [2.05, 4.69) is 26.5 Å². The van der Waals surface area contributed by atoms with E-state index < -0.39 is 5.97 Å². The summed E-state index contributed by atoms with van der Waals surface area (Å²) in [6.07, 6.45) is 1.46. The van der Waals surface area contributed by atoms with Gasteiger partial charge < -0.3 is 14.2 Å². The molecule has 0 saturated heterocycles. The molecule has 0 bridgehead atoms. The predicted molar refractivity (Wildman–Crippen MR) is 129 cm³/mol. The van der Waals surface area contributed by atoms with E-state index in [1.54, 1.807) is 42.5 Å². The van der Waals surface area contributed by atoms with E-state index in [9.17, 15) is 9.59 Å². The third kappa shape index (κ3) is 6.66. The molecule has 7 nitrogen and oxygen atoms in total. The van der Waals surface area contributed by atoms with Crippen molar-refractivity contribution in [1.29, 1.82) is 0 Å². The quantitative estimate of drug-likeness (QED) is 0.203. The number of carbonyl (C=O) groups is 2. The Morgan fingerprint density at radius 2 is 1.76 bits per heavy atom. The topological polar surface area (TPSA) is 86.2 Å². The van der Waals surface area contributed by atoms with Gasteiger partial charge >= 0.3 is 5.97 Å². The molecule has 0 fully saturated rings. The molecule has 0 unspecified atom stereocenters. The minimum atomic E-state index is -0.502. The summed E-state index contributed by atoms with van der Waals surface area (Å²) in [5, 5.41) is 3.94. The van der Waals surface area contributed by atoms with Crippen LogP contribution in [0, 0.1) is 13.8 Å². The van der Waals surface area contributed by atoms with Gasteiger partial charge in [0.15, 0.2) is 18.1 Å². The number of rotatable bonds is 8. The van der Waals surface area contributed by atoms with Gasteiger partial charge in [0.2, 0.25) is 0 Å². The molecule has 1 N–H and O–H groups in total. The highest BCUT2D eigenvalue weighted by Gasteiger charge is 2.13. The van der Waals surface area contributed by atoms with E-state index in [1.165, 1.54) is 13.3 Å². The second kappa shape index (κ2) is 11.3. The highest BCUT2D eigenvalue weighted by atomic mass is 79.9. The second-order valence-corrected chi connectivity index (χ2v) is 8.00. The Hall–Kier alpha value is -3.65. The van der Waals surface area contributed by atoms with Gasteiger partial charge in [-0.3, -0.25) is 4.79 Å². The summed E-state index contributed by atoms with van der Waals surface area (Å²) in [7, 11) is 1.47. The van der Waals surface area contributed by atoms with Gasteiger partial charge in [-0.2, -0.15) is 5.10 Å². The number of hydrogen-bond donors (Lipinski definition) is 1. The first kappa shape index (κ1) is 24.0. The van der Waals surface area contributed by atoms with Gasteiger partial charge in [0, 0.05) is 4.47 Å². The Morgan fingerprint density at radius 1 is 1.00 bits per heavy atom. The summed E-state index contributed by atoms with van der Waals surface area (Å²) in [6, 6.07) is 17.4. The third-order valence-corrected chi connectivity index (χ3v) is 5.32. The minimum absolute atomic E-state index is 0.157.